The smallest absolute Gasteiger partial charge is 0.243 e. The average molecular weight is 439 g/mol. The zero-order valence-corrected chi connectivity index (χ0v) is 17.7. The van der Waals surface area contributed by atoms with Crippen LogP contribution in [-0.4, -0.2) is 50.7 Å². The van der Waals surface area contributed by atoms with Crippen LogP contribution in [0.25, 0.3) is 0 Å². The van der Waals surface area contributed by atoms with Gasteiger partial charge in [-0.15, -0.1) is 11.8 Å². The third kappa shape index (κ3) is 5.57. The molecule has 1 aliphatic heterocycles. The number of morpholine rings is 1. The number of aryl methyl sites for hydroxylation is 1. The van der Waals surface area contributed by atoms with E-state index < -0.39 is 10.0 Å². The molecule has 0 unspecified atom stereocenters. The molecular weight excluding hydrogens is 415 g/mol. The number of rotatable bonds is 7. The van der Waals surface area contributed by atoms with Crippen molar-refractivity contribution >= 4 is 33.4 Å². The molecule has 0 bridgehead atoms. The summed E-state index contributed by atoms with van der Waals surface area (Å²) in [6.07, 6.45) is 0.179. The van der Waals surface area contributed by atoms with Gasteiger partial charge in [0, 0.05) is 35.8 Å². The maximum atomic E-state index is 13.6. The van der Waals surface area contributed by atoms with Gasteiger partial charge in [-0.3, -0.25) is 4.79 Å². The highest BCUT2D eigenvalue weighted by atomic mass is 32.2. The van der Waals surface area contributed by atoms with Crippen molar-refractivity contribution in [3.05, 3.63) is 53.8 Å². The average Bonchev–Trinajstić information content (AvgIpc) is 2.71. The van der Waals surface area contributed by atoms with Gasteiger partial charge in [-0.2, -0.15) is 4.31 Å². The van der Waals surface area contributed by atoms with Gasteiger partial charge < -0.3 is 10.1 Å². The first-order valence-electron chi connectivity index (χ1n) is 9.23. The molecule has 3 rings (SSSR count). The second-order valence-corrected chi connectivity index (χ2v) is 9.64. The SMILES string of the molecule is Cc1ccc(S(=O)(=O)N2CCOCC2)cc1NC(=O)CCSc1ccccc1F. The fraction of sp³-hybridized carbons (Fsp3) is 0.350. The minimum Gasteiger partial charge on any atom is -0.379 e. The Morgan fingerprint density at radius 2 is 1.93 bits per heavy atom. The second-order valence-electron chi connectivity index (χ2n) is 6.57. The van der Waals surface area contributed by atoms with Crippen molar-refractivity contribution in [2.24, 2.45) is 0 Å². The molecule has 9 heteroatoms. The van der Waals surface area contributed by atoms with Gasteiger partial charge in [-0.1, -0.05) is 18.2 Å². The van der Waals surface area contributed by atoms with Crippen LogP contribution in [0.5, 0.6) is 0 Å². The van der Waals surface area contributed by atoms with E-state index in [1.165, 1.54) is 28.2 Å². The molecule has 2 aromatic carbocycles. The molecule has 2 aromatic rings. The fourth-order valence-corrected chi connectivity index (χ4v) is 5.18. The first kappa shape index (κ1) is 21.8. The van der Waals surface area contributed by atoms with Crippen LogP contribution in [0, 0.1) is 12.7 Å². The summed E-state index contributed by atoms with van der Waals surface area (Å²) in [4.78, 5) is 12.9. The van der Waals surface area contributed by atoms with Crippen molar-refractivity contribution in [1.29, 1.82) is 0 Å². The van der Waals surface area contributed by atoms with Gasteiger partial charge in [0.15, 0.2) is 0 Å². The lowest BCUT2D eigenvalue weighted by Crippen LogP contribution is -2.40. The monoisotopic (exact) mass is 438 g/mol. The first-order chi connectivity index (χ1) is 13.9. The molecule has 156 valence electrons. The van der Waals surface area contributed by atoms with Crippen LogP contribution >= 0.6 is 11.8 Å². The van der Waals surface area contributed by atoms with Crippen molar-refractivity contribution in [3.8, 4) is 0 Å². The van der Waals surface area contributed by atoms with Crippen LogP contribution < -0.4 is 5.32 Å². The highest BCUT2D eigenvalue weighted by molar-refractivity contribution is 7.99. The van der Waals surface area contributed by atoms with E-state index >= 15 is 0 Å². The number of benzene rings is 2. The molecule has 0 aromatic heterocycles. The lowest BCUT2D eigenvalue weighted by atomic mass is 10.2. The van der Waals surface area contributed by atoms with Crippen molar-refractivity contribution in [1.82, 2.24) is 4.31 Å². The zero-order valence-electron chi connectivity index (χ0n) is 16.1. The van der Waals surface area contributed by atoms with Gasteiger partial charge in [-0.25, -0.2) is 12.8 Å². The van der Waals surface area contributed by atoms with Crippen molar-refractivity contribution in [2.75, 3.05) is 37.4 Å². The summed E-state index contributed by atoms with van der Waals surface area (Å²) in [5.41, 5.74) is 1.22. The van der Waals surface area contributed by atoms with Crippen LogP contribution in [-0.2, 0) is 19.6 Å². The van der Waals surface area contributed by atoms with Crippen LogP contribution in [0.4, 0.5) is 10.1 Å². The maximum absolute atomic E-state index is 13.6. The Morgan fingerprint density at radius 3 is 2.66 bits per heavy atom. The standard InChI is InChI=1S/C20H23FN2O4S2/c1-15-6-7-16(29(25,26)23-9-11-27-12-10-23)14-18(15)22-20(24)8-13-28-19-5-3-2-4-17(19)21/h2-7,14H,8-13H2,1H3,(H,22,24). The molecule has 1 amide bonds. The molecule has 0 radical (unpaired) electrons. The molecule has 0 atom stereocenters. The van der Waals surface area contributed by atoms with E-state index in [9.17, 15) is 17.6 Å². The molecule has 0 aliphatic carbocycles. The molecule has 1 fully saturated rings. The Kier molecular flexibility index (Phi) is 7.28. The Bertz CT molecular complexity index is 976. The Balaban J connectivity index is 1.63. The third-order valence-electron chi connectivity index (χ3n) is 4.51. The number of ether oxygens (including phenoxy) is 1. The number of nitrogens with zero attached hydrogens (tertiary/aromatic N) is 1. The van der Waals surface area contributed by atoms with Crippen molar-refractivity contribution in [2.45, 2.75) is 23.1 Å². The molecule has 29 heavy (non-hydrogen) atoms. The van der Waals surface area contributed by atoms with Gasteiger partial charge in [0.25, 0.3) is 0 Å². The number of carbonyl (C=O) groups excluding carboxylic acids is 1. The molecule has 1 heterocycles. The molecule has 0 saturated carbocycles. The highest BCUT2D eigenvalue weighted by Crippen LogP contribution is 2.25. The number of hydrogen-bond acceptors (Lipinski definition) is 5. The van der Waals surface area contributed by atoms with Crippen molar-refractivity contribution in [3.63, 3.8) is 0 Å². The third-order valence-corrected chi connectivity index (χ3v) is 7.46. The van der Waals surface area contributed by atoms with Crippen LogP contribution in [0.15, 0.2) is 52.3 Å². The maximum Gasteiger partial charge on any atom is 0.243 e. The Hall–Kier alpha value is -1.94. The fourth-order valence-electron chi connectivity index (χ4n) is 2.86. The summed E-state index contributed by atoms with van der Waals surface area (Å²) in [5, 5.41) is 2.77. The number of anilines is 1. The van der Waals surface area contributed by atoms with Crippen molar-refractivity contribution < 1.29 is 22.3 Å². The molecule has 1 aliphatic rings. The topological polar surface area (TPSA) is 75.7 Å². The van der Waals surface area contributed by atoms with E-state index in [-0.39, 0.29) is 23.0 Å². The number of nitrogens with one attached hydrogen (secondary N) is 1. The highest BCUT2D eigenvalue weighted by Gasteiger charge is 2.26. The molecule has 0 spiro atoms. The molecular formula is C20H23FN2O4S2. The second kappa shape index (κ2) is 9.71. The minimum atomic E-state index is -3.64. The largest absolute Gasteiger partial charge is 0.379 e. The van der Waals surface area contributed by atoms with Gasteiger partial charge in [0.2, 0.25) is 15.9 Å². The van der Waals surface area contributed by atoms with Gasteiger partial charge in [0.1, 0.15) is 5.82 Å². The molecule has 6 nitrogen and oxygen atoms in total. The first-order valence-corrected chi connectivity index (χ1v) is 11.7. The Morgan fingerprint density at radius 1 is 1.21 bits per heavy atom. The van der Waals surface area contributed by atoms with Crippen LogP contribution in [0.2, 0.25) is 0 Å². The number of sulfonamides is 1. The summed E-state index contributed by atoms with van der Waals surface area (Å²) in [7, 11) is -3.64. The molecule has 1 saturated heterocycles. The van der Waals surface area contributed by atoms with E-state index in [0.717, 1.165) is 5.56 Å². The van der Waals surface area contributed by atoms with E-state index in [1.54, 1.807) is 37.3 Å². The van der Waals surface area contributed by atoms with Crippen LogP contribution in [0.3, 0.4) is 0 Å². The lowest BCUT2D eigenvalue weighted by Gasteiger charge is -2.26. The summed E-state index contributed by atoms with van der Waals surface area (Å²) in [5.74, 6) is -0.148. The van der Waals surface area contributed by atoms with E-state index in [4.69, 9.17) is 4.74 Å². The lowest BCUT2D eigenvalue weighted by molar-refractivity contribution is -0.115. The minimum absolute atomic E-state index is 0.140. The van der Waals surface area contributed by atoms with Gasteiger partial charge >= 0.3 is 0 Å². The predicted molar refractivity (Wildman–Crippen MR) is 111 cm³/mol. The van der Waals surface area contributed by atoms with Gasteiger partial charge in [0.05, 0.1) is 18.1 Å². The number of carbonyl (C=O) groups is 1. The summed E-state index contributed by atoms with van der Waals surface area (Å²) in [6.45, 7) is 3.16. The summed E-state index contributed by atoms with van der Waals surface area (Å²) in [6, 6.07) is 11.1. The number of amides is 1. The number of halogens is 1. The van der Waals surface area contributed by atoms with Crippen LogP contribution in [0.1, 0.15) is 12.0 Å². The van der Waals surface area contributed by atoms with E-state index in [2.05, 4.69) is 5.32 Å². The Labute approximate surface area is 174 Å². The number of hydrogen-bond donors (Lipinski definition) is 1. The zero-order chi connectivity index (χ0) is 20.9. The predicted octanol–water partition coefficient (Wildman–Crippen LogP) is 3.28. The van der Waals surface area contributed by atoms with E-state index in [1.807, 2.05) is 0 Å². The summed E-state index contributed by atoms with van der Waals surface area (Å²) >= 11 is 1.27. The summed E-state index contributed by atoms with van der Waals surface area (Å²) < 4.78 is 45.9. The normalized spacial score (nSPS) is 15.2. The molecule has 1 N–H and O–H groups in total. The van der Waals surface area contributed by atoms with E-state index in [0.29, 0.717) is 42.6 Å². The van der Waals surface area contributed by atoms with Gasteiger partial charge in [-0.05, 0) is 36.8 Å². The number of thioether (sulfide) groups is 1. The quantitative estimate of drug-likeness (QED) is 0.672.